The standard InChI is InChI=1S/C27H32N2O4S2/c1-21-8-14-26(15-9-21)35(31,32)29(24-10-12-25(33-3)13-11-24)19-27(30)28-16-5-17-34-20-23-7-4-6-22(2)18-23/h4,6-15,18H,5,16-17,19-20H2,1-3H3,(H,28,30). The number of thioether (sulfide) groups is 1. The molecule has 186 valence electrons. The third-order valence-electron chi connectivity index (χ3n) is 5.40. The van der Waals surface area contributed by atoms with Gasteiger partial charge in [-0.05, 0) is 68.0 Å². The molecule has 0 radical (unpaired) electrons. The summed E-state index contributed by atoms with van der Waals surface area (Å²) in [6, 6.07) is 21.7. The molecule has 0 bridgehead atoms. The van der Waals surface area contributed by atoms with Crippen molar-refractivity contribution in [1.82, 2.24) is 5.32 Å². The lowest BCUT2D eigenvalue weighted by molar-refractivity contribution is -0.119. The van der Waals surface area contributed by atoms with Crippen molar-refractivity contribution >= 4 is 33.4 Å². The number of rotatable bonds is 12. The Balaban J connectivity index is 1.60. The van der Waals surface area contributed by atoms with Crippen molar-refractivity contribution in [2.24, 2.45) is 0 Å². The quantitative estimate of drug-likeness (QED) is 0.348. The molecule has 0 saturated carbocycles. The number of amides is 1. The molecule has 3 aromatic rings. The Morgan fingerprint density at radius 2 is 1.69 bits per heavy atom. The fourth-order valence-corrected chi connectivity index (χ4v) is 5.81. The van der Waals surface area contributed by atoms with Crippen LogP contribution in [0.25, 0.3) is 0 Å². The number of sulfonamides is 1. The molecule has 0 aliphatic heterocycles. The van der Waals surface area contributed by atoms with Crippen LogP contribution < -0.4 is 14.4 Å². The molecule has 3 rings (SSSR count). The largest absolute Gasteiger partial charge is 0.497 e. The molecule has 0 fully saturated rings. The Morgan fingerprint density at radius 1 is 0.971 bits per heavy atom. The fraction of sp³-hybridized carbons (Fsp3) is 0.296. The van der Waals surface area contributed by atoms with Gasteiger partial charge in [-0.2, -0.15) is 11.8 Å². The minimum absolute atomic E-state index is 0.138. The number of nitrogens with zero attached hydrogens (tertiary/aromatic N) is 1. The molecule has 0 heterocycles. The number of methoxy groups -OCH3 is 1. The van der Waals surface area contributed by atoms with Crippen LogP contribution in [0.3, 0.4) is 0 Å². The van der Waals surface area contributed by atoms with Crippen LogP contribution in [0.2, 0.25) is 0 Å². The van der Waals surface area contributed by atoms with E-state index >= 15 is 0 Å². The summed E-state index contributed by atoms with van der Waals surface area (Å²) in [5, 5.41) is 2.86. The van der Waals surface area contributed by atoms with Crippen LogP contribution in [-0.2, 0) is 20.6 Å². The van der Waals surface area contributed by atoms with E-state index in [2.05, 4.69) is 36.5 Å². The molecule has 3 aromatic carbocycles. The van der Waals surface area contributed by atoms with Crippen LogP contribution >= 0.6 is 11.8 Å². The summed E-state index contributed by atoms with van der Waals surface area (Å²) in [6.07, 6.45) is 0.801. The maximum atomic E-state index is 13.4. The van der Waals surface area contributed by atoms with Crippen LogP contribution in [0.5, 0.6) is 5.75 Å². The van der Waals surface area contributed by atoms with E-state index in [1.54, 1.807) is 55.6 Å². The summed E-state index contributed by atoms with van der Waals surface area (Å²) in [6.45, 7) is 4.15. The number of nitrogens with one attached hydrogen (secondary N) is 1. The monoisotopic (exact) mass is 512 g/mol. The molecule has 0 aromatic heterocycles. The number of benzene rings is 3. The number of hydrogen-bond donors (Lipinski definition) is 1. The first-order chi connectivity index (χ1) is 16.8. The summed E-state index contributed by atoms with van der Waals surface area (Å²) < 4.78 is 33.2. The van der Waals surface area contributed by atoms with Crippen LogP contribution in [0.15, 0.2) is 77.7 Å². The number of hydrogen-bond acceptors (Lipinski definition) is 5. The number of carbonyl (C=O) groups excluding carboxylic acids is 1. The Morgan fingerprint density at radius 3 is 2.34 bits per heavy atom. The van der Waals surface area contributed by atoms with Gasteiger partial charge in [0, 0.05) is 12.3 Å². The third kappa shape index (κ3) is 7.77. The normalized spacial score (nSPS) is 11.2. The summed E-state index contributed by atoms with van der Waals surface area (Å²) in [4.78, 5) is 12.9. The van der Waals surface area contributed by atoms with E-state index in [9.17, 15) is 13.2 Å². The van der Waals surface area contributed by atoms with Crippen molar-refractivity contribution in [3.63, 3.8) is 0 Å². The lowest BCUT2D eigenvalue weighted by Crippen LogP contribution is -2.41. The summed E-state index contributed by atoms with van der Waals surface area (Å²) in [7, 11) is -2.39. The Labute approximate surface area is 212 Å². The zero-order valence-corrected chi connectivity index (χ0v) is 22.0. The number of anilines is 1. The van der Waals surface area contributed by atoms with Gasteiger partial charge in [-0.15, -0.1) is 0 Å². The molecule has 0 aliphatic rings. The maximum absolute atomic E-state index is 13.4. The molecule has 1 N–H and O–H groups in total. The molecule has 0 aliphatic carbocycles. The number of aryl methyl sites for hydroxylation is 2. The summed E-state index contributed by atoms with van der Waals surface area (Å²) in [5.74, 6) is 2.09. The van der Waals surface area contributed by atoms with Crippen molar-refractivity contribution in [2.75, 3.05) is 30.3 Å². The zero-order chi connectivity index (χ0) is 25.3. The van der Waals surface area contributed by atoms with Gasteiger partial charge in [-0.3, -0.25) is 9.10 Å². The average Bonchev–Trinajstić information content (AvgIpc) is 2.85. The first kappa shape index (κ1) is 26.6. The van der Waals surface area contributed by atoms with Crippen LogP contribution in [0, 0.1) is 13.8 Å². The van der Waals surface area contributed by atoms with Crippen molar-refractivity contribution in [3.05, 3.63) is 89.5 Å². The van der Waals surface area contributed by atoms with Crippen LogP contribution in [-0.4, -0.2) is 40.3 Å². The van der Waals surface area contributed by atoms with Crippen LogP contribution in [0.4, 0.5) is 5.69 Å². The minimum atomic E-state index is -3.93. The zero-order valence-electron chi connectivity index (χ0n) is 20.4. The first-order valence-corrected chi connectivity index (χ1v) is 14.0. The molecule has 0 saturated heterocycles. The van der Waals surface area contributed by atoms with Crippen LogP contribution in [0.1, 0.15) is 23.1 Å². The van der Waals surface area contributed by atoms with E-state index in [4.69, 9.17) is 4.74 Å². The molecule has 35 heavy (non-hydrogen) atoms. The fourth-order valence-electron chi connectivity index (χ4n) is 3.48. The van der Waals surface area contributed by atoms with Crippen molar-refractivity contribution in [2.45, 2.75) is 30.9 Å². The van der Waals surface area contributed by atoms with Crippen molar-refractivity contribution in [1.29, 1.82) is 0 Å². The van der Waals surface area contributed by atoms with E-state index < -0.39 is 10.0 Å². The highest BCUT2D eigenvalue weighted by molar-refractivity contribution is 7.98. The molecule has 8 heteroatoms. The first-order valence-electron chi connectivity index (χ1n) is 11.4. The minimum Gasteiger partial charge on any atom is -0.497 e. The van der Waals surface area contributed by atoms with E-state index in [1.807, 2.05) is 18.7 Å². The van der Waals surface area contributed by atoms with Crippen molar-refractivity contribution in [3.8, 4) is 5.75 Å². The highest BCUT2D eigenvalue weighted by atomic mass is 32.2. The predicted octanol–water partition coefficient (Wildman–Crippen LogP) is 4.95. The molecule has 0 unspecified atom stereocenters. The molecule has 1 amide bonds. The van der Waals surface area contributed by atoms with Gasteiger partial charge in [0.25, 0.3) is 10.0 Å². The molecular formula is C27H32N2O4S2. The predicted molar refractivity (Wildman–Crippen MR) is 144 cm³/mol. The number of ether oxygens (including phenoxy) is 1. The third-order valence-corrected chi connectivity index (χ3v) is 8.30. The van der Waals surface area contributed by atoms with Gasteiger partial charge in [0.1, 0.15) is 12.3 Å². The molecule has 0 atom stereocenters. The lowest BCUT2D eigenvalue weighted by atomic mass is 10.2. The van der Waals surface area contributed by atoms with Crippen molar-refractivity contribution < 1.29 is 17.9 Å². The van der Waals surface area contributed by atoms with Gasteiger partial charge in [0.15, 0.2) is 0 Å². The Bertz CT molecular complexity index is 1210. The van der Waals surface area contributed by atoms with E-state index in [0.717, 1.165) is 27.8 Å². The highest BCUT2D eigenvalue weighted by Crippen LogP contribution is 2.26. The van der Waals surface area contributed by atoms with Gasteiger partial charge in [0.05, 0.1) is 17.7 Å². The average molecular weight is 513 g/mol. The summed E-state index contributed by atoms with van der Waals surface area (Å²) in [5.41, 5.74) is 3.89. The second-order valence-corrected chi connectivity index (χ2v) is 11.2. The molecule has 6 nitrogen and oxygen atoms in total. The smallest absolute Gasteiger partial charge is 0.264 e. The second kappa shape index (κ2) is 12.7. The Kier molecular flexibility index (Phi) is 9.63. The number of carbonyl (C=O) groups is 1. The van der Waals surface area contributed by atoms with Gasteiger partial charge in [0.2, 0.25) is 5.91 Å². The van der Waals surface area contributed by atoms with E-state index in [-0.39, 0.29) is 17.3 Å². The second-order valence-electron chi connectivity index (χ2n) is 8.27. The van der Waals surface area contributed by atoms with Gasteiger partial charge >= 0.3 is 0 Å². The lowest BCUT2D eigenvalue weighted by Gasteiger charge is -2.24. The van der Waals surface area contributed by atoms with Gasteiger partial charge in [-0.1, -0.05) is 47.5 Å². The summed E-state index contributed by atoms with van der Waals surface area (Å²) >= 11 is 1.81. The van der Waals surface area contributed by atoms with E-state index in [0.29, 0.717) is 18.0 Å². The van der Waals surface area contributed by atoms with Gasteiger partial charge in [-0.25, -0.2) is 8.42 Å². The topological polar surface area (TPSA) is 75.7 Å². The highest BCUT2D eigenvalue weighted by Gasteiger charge is 2.27. The SMILES string of the molecule is COc1ccc(N(CC(=O)NCCCSCc2cccc(C)c2)S(=O)(=O)c2ccc(C)cc2)cc1. The van der Waals surface area contributed by atoms with Gasteiger partial charge < -0.3 is 10.1 Å². The molecular weight excluding hydrogens is 480 g/mol. The Hall–Kier alpha value is -2.97. The van der Waals surface area contributed by atoms with E-state index in [1.165, 1.54) is 11.1 Å². The maximum Gasteiger partial charge on any atom is 0.264 e. The molecule has 0 spiro atoms.